The summed E-state index contributed by atoms with van der Waals surface area (Å²) in [6.07, 6.45) is -0.800. The molecule has 1 aliphatic heterocycles. The fourth-order valence-electron chi connectivity index (χ4n) is 2.11. The molecule has 0 aromatic heterocycles. The smallest absolute Gasteiger partial charge is 0.413 e. The molecule has 1 heterocycles. The lowest BCUT2D eigenvalue weighted by atomic mass is 10.0. The molecule has 1 saturated heterocycles. The van der Waals surface area contributed by atoms with Crippen molar-refractivity contribution in [1.29, 1.82) is 0 Å². The largest absolute Gasteiger partial charge is 0.481 e. The van der Waals surface area contributed by atoms with Gasteiger partial charge in [-0.05, 0) is 13.5 Å². The van der Waals surface area contributed by atoms with Crippen LogP contribution in [0, 0.1) is 5.92 Å². The van der Waals surface area contributed by atoms with E-state index >= 15 is 0 Å². The van der Waals surface area contributed by atoms with Gasteiger partial charge in [0.1, 0.15) is 0 Å². The number of nitrogens with one attached hydrogen (secondary N) is 1. The number of hydrogen-bond acceptors (Lipinski definition) is 6. The Hall–Kier alpha value is -1.67. The topological polar surface area (TPSA) is 105 Å². The third-order valence-electron chi connectivity index (χ3n) is 3.11. The molecule has 2 atom stereocenters. The van der Waals surface area contributed by atoms with Crippen LogP contribution in [-0.4, -0.2) is 66.9 Å². The minimum Gasteiger partial charge on any atom is -0.481 e. The second-order valence-electron chi connectivity index (χ2n) is 4.38. The number of rotatable bonds is 6. The van der Waals surface area contributed by atoms with Crippen molar-refractivity contribution in [3.63, 3.8) is 0 Å². The number of nitrogens with zero attached hydrogens (tertiary/aromatic N) is 1. The first-order valence-electron chi connectivity index (χ1n) is 6.50. The highest BCUT2D eigenvalue weighted by molar-refractivity contribution is 5.92. The van der Waals surface area contributed by atoms with Crippen molar-refractivity contribution in [2.75, 3.05) is 32.9 Å². The Kier molecular flexibility index (Phi) is 6.40. The SMILES string of the molecule is CCOC(=O)NC(=O)CN(CC)C1COCC1C(=O)O. The van der Waals surface area contributed by atoms with Crippen LogP contribution in [-0.2, 0) is 19.1 Å². The fraction of sp³-hybridized carbons (Fsp3) is 0.750. The average Bonchev–Trinajstić information content (AvgIpc) is 2.85. The third kappa shape index (κ3) is 4.46. The number of alkyl carbamates (subject to hydrolysis) is 1. The lowest BCUT2D eigenvalue weighted by Crippen LogP contribution is -2.48. The van der Waals surface area contributed by atoms with E-state index in [1.807, 2.05) is 6.92 Å². The van der Waals surface area contributed by atoms with Gasteiger partial charge >= 0.3 is 12.1 Å². The maximum atomic E-state index is 11.7. The van der Waals surface area contributed by atoms with Gasteiger partial charge in [0.2, 0.25) is 5.91 Å². The number of amides is 2. The Morgan fingerprint density at radius 3 is 2.60 bits per heavy atom. The Balaban J connectivity index is 2.56. The van der Waals surface area contributed by atoms with Gasteiger partial charge in [-0.3, -0.25) is 19.8 Å². The minimum atomic E-state index is -0.947. The predicted octanol–water partition coefficient (Wildman–Crippen LogP) is -0.319. The van der Waals surface area contributed by atoms with Crippen LogP contribution in [0.1, 0.15) is 13.8 Å². The molecule has 20 heavy (non-hydrogen) atoms. The average molecular weight is 288 g/mol. The summed E-state index contributed by atoms with van der Waals surface area (Å²) in [4.78, 5) is 35.6. The number of hydrogen-bond donors (Lipinski definition) is 2. The second kappa shape index (κ2) is 7.81. The normalized spacial score (nSPS) is 21.8. The van der Waals surface area contributed by atoms with Crippen LogP contribution in [0.5, 0.6) is 0 Å². The summed E-state index contributed by atoms with van der Waals surface area (Å²) in [6, 6.07) is -0.370. The van der Waals surface area contributed by atoms with E-state index < -0.39 is 23.9 Å². The zero-order valence-corrected chi connectivity index (χ0v) is 11.6. The predicted molar refractivity (Wildman–Crippen MR) is 68.1 cm³/mol. The van der Waals surface area contributed by atoms with Gasteiger partial charge in [0.05, 0.1) is 32.3 Å². The van der Waals surface area contributed by atoms with Gasteiger partial charge in [-0.2, -0.15) is 0 Å². The fourth-order valence-corrected chi connectivity index (χ4v) is 2.11. The van der Waals surface area contributed by atoms with Crippen LogP contribution in [0.3, 0.4) is 0 Å². The summed E-state index contributed by atoms with van der Waals surface area (Å²) in [5.41, 5.74) is 0. The summed E-state index contributed by atoms with van der Waals surface area (Å²) >= 11 is 0. The van der Waals surface area contributed by atoms with Crippen LogP contribution < -0.4 is 5.32 Å². The van der Waals surface area contributed by atoms with Crippen molar-refractivity contribution in [2.24, 2.45) is 5.92 Å². The third-order valence-corrected chi connectivity index (χ3v) is 3.11. The lowest BCUT2D eigenvalue weighted by molar-refractivity contribution is -0.143. The first kappa shape index (κ1) is 16.4. The number of carbonyl (C=O) groups is 3. The van der Waals surface area contributed by atoms with Crippen LogP contribution in [0.2, 0.25) is 0 Å². The molecule has 1 rings (SSSR count). The number of carboxylic acids is 1. The van der Waals surface area contributed by atoms with Crippen molar-refractivity contribution in [3.05, 3.63) is 0 Å². The summed E-state index contributed by atoms with van der Waals surface area (Å²) < 4.78 is 9.77. The Morgan fingerprint density at radius 2 is 2.05 bits per heavy atom. The highest BCUT2D eigenvalue weighted by Crippen LogP contribution is 2.19. The van der Waals surface area contributed by atoms with E-state index in [9.17, 15) is 14.4 Å². The van der Waals surface area contributed by atoms with Crippen molar-refractivity contribution in [3.8, 4) is 0 Å². The molecule has 2 N–H and O–H groups in total. The Labute approximate surface area is 117 Å². The Bertz CT molecular complexity index is 373. The van der Waals surface area contributed by atoms with Gasteiger partial charge in [0, 0.05) is 6.04 Å². The highest BCUT2D eigenvalue weighted by Gasteiger charge is 2.38. The van der Waals surface area contributed by atoms with E-state index in [0.717, 1.165) is 0 Å². The molecular weight excluding hydrogens is 268 g/mol. The molecule has 0 aromatic rings. The maximum Gasteiger partial charge on any atom is 0.413 e. The molecule has 0 spiro atoms. The second-order valence-corrected chi connectivity index (χ2v) is 4.38. The minimum absolute atomic E-state index is 0.0763. The monoisotopic (exact) mass is 288 g/mol. The van der Waals surface area contributed by atoms with Gasteiger partial charge in [-0.25, -0.2) is 4.79 Å². The molecule has 0 bridgehead atoms. The zero-order chi connectivity index (χ0) is 15.1. The van der Waals surface area contributed by atoms with Gasteiger partial charge < -0.3 is 14.6 Å². The molecule has 0 saturated carbocycles. The molecule has 8 nitrogen and oxygen atoms in total. The molecule has 0 aliphatic carbocycles. The standard InChI is InChI=1S/C12H20N2O6/c1-3-14(5-10(15)13-12(18)20-4-2)9-7-19-6-8(9)11(16)17/h8-9H,3-7H2,1-2H3,(H,16,17)(H,13,15,18). The molecule has 8 heteroatoms. The quantitative estimate of drug-likeness (QED) is 0.690. The van der Waals surface area contributed by atoms with Crippen molar-refractivity contribution in [2.45, 2.75) is 19.9 Å². The number of likely N-dealkylation sites (N-methyl/N-ethyl adjacent to an activating group) is 1. The van der Waals surface area contributed by atoms with E-state index in [-0.39, 0.29) is 32.4 Å². The number of aliphatic carboxylic acids is 1. The van der Waals surface area contributed by atoms with E-state index in [4.69, 9.17) is 9.84 Å². The number of carboxylic acid groups (broad SMARTS) is 1. The van der Waals surface area contributed by atoms with Crippen molar-refractivity contribution >= 4 is 18.0 Å². The molecule has 2 amide bonds. The van der Waals surface area contributed by atoms with Gasteiger partial charge in [0.15, 0.2) is 0 Å². The van der Waals surface area contributed by atoms with Crippen LogP contribution in [0.25, 0.3) is 0 Å². The summed E-state index contributed by atoms with van der Waals surface area (Å²) in [7, 11) is 0. The molecule has 114 valence electrons. The van der Waals surface area contributed by atoms with E-state index in [0.29, 0.717) is 6.54 Å². The van der Waals surface area contributed by atoms with E-state index in [2.05, 4.69) is 10.1 Å². The highest BCUT2D eigenvalue weighted by atomic mass is 16.5. The first-order valence-corrected chi connectivity index (χ1v) is 6.50. The zero-order valence-electron chi connectivity index (χ0n) is 11.6. The van der Waals surface area contributed by atoms with Crippen LogP contribution >= 0.6 is 0 Å². The van der Waals surface area contributed by atoms with Gasteiger partial charge in [0.25, 0.3) is 0 Å². The summed E-state index contributed by atoms with van der Waals surface area (Å²) in [5.74, 6) is -2.14. The van der Waals surface area contributed by atoms with Crippen molar-refractivity contribution < 1.29 is 29.0 Å². The maximum absolute atomic E-state index is 11.7. The van der Waals surface area contributed by atoms with Gasteiger partial charge in [-0.15, -0.1) is 0 Å². The molecule has 1 fully saturated rings. The van der Waals surface area contributed by atoms with Gasteiger partial charge in [-0.1, -0.05) is 6.92 Å². The number of imide groups is 1. The molecule has 1 aliphatic rings. The number of ether oxygens (including phenoxy) is 2. The molecule has 2 unspecified atom stereocenters. The van der Waals surface area contributed by atoms with Crippen LogP contribution in [0.15, 0.2) is 0 Å². The van der Waals surface area contributed by atoms with E-state index in [1.54, 1.807) is 11.8 Å². The molecule has 0 aromatic carbocycles. The summed E-state index contributed by atoms with van der Waals surface area (Å²) in [5, 5.41) is 11.2. The Morgan fingerprint density at radius 1 is 1.35 bits per heavy atom. The summed E-state index contributed by atoms with van der Waals surface area (Å²) in [6.45, 7) is 4.42. The van der Waals surface area contributed by atoms with Crippen molar-refractivity contribution in [1.82, 2.24) is 10.2 Å². The molecule has 0 radical (unpaired) electrons. The number of carbonyl (C=O) groups excluding carboxylic acids is 2. The lowest BCUT2D eigenvalue weighted by Gasteiger charge is -2.28. The first-order chi connectivity index (χ1) is 9.49. The molecular formula is C12H20N2O6. The van der Waals surface area contributed by atoms with E-state index in [1.165, 1.54) is 0 Å². The van der Waals surface area contributed by atoms with Crippen LogP contribution in [0.4, 0.5) is 4.79 Å².